The monoisotopic (exact) mass is 443 g/mol. The minimum absolute atomic E-state index is 0.0404. The first kappa shape index (κ1) is 17.8. The second-order valence-corrected chi connectivity index (χ2v) is 9.05. The molecule has 0 bridgehead atoms. The third-order valence-electron chi connectivity index (χ3n) is 4.60. The lowest BCUT2D eigenvalue weighted by molar-refractivity contribution is 0.100. The standard InChI is InChI=1S/C20H14BrNO4S/c1-22-18(19(23)14-7-6-12-4-2-3-5-13(12)10-14)20(24)16-9-8-15(21)11-17(16)27(22,25)26/h2-11,23H,1H3. The smallest absolute Gasteiger partial charge is 0.265 e. The number of Topliss-reactive ketones (excluding diaryl/α,β-unsaturated/α-hetero) is 1. The lowest BCUT2D eigenvalue weighted by Gasteiger charge is -2.28. The minimum Gasteiger partial charge on any atom is -0.505 e. The number of rotatable bonds is 1. The van der Waals surface area contributed by atoms with E-state index in [9.17, 15) is 18.3 Å². The number of hydrogen-bond acceptors (Lipinski definition) is 4. The van der Waals surface area contributed by atoms with Crippen molar-refractivity contribution in [3.8, 4) is 0 Å². The molecule has 0 saturated carbocycles. The number of ketones is 1. The predicted octanol–water partition coefficient (Wildman–Crippen LogP) is 4.35. The zero-order valence-corrected chi connectivity index (χ0v) is 16.6. The van der Waals surface area contributed by atoms with Crippen LogP contribution in [0.3, 0.4) is 0 Å². The fourth-order valence-electron chi connectivity index (χ4n) is 3.17. The van der Waals surface area contributed by atoms with Crippen molar-refractivity contribution in [3.63, 3.8) is 0 Å². The summed E-state index contributed by atoms with van der Waals surface area (Å²) in [6.45, 7) is 0. The zero-order valence-electron chi connectivity index (χ0n) is 14.2. The Hall–Kier alpha value is -2.64. The van der Waals surface area contributed by atoms with Gasteiger partial charge in [0.2, 0.25) is 5.78 Å². The number of carbonyl (C=O) groups is 1. The second-order valence-electron chi connectivity index (χ2n) is 6.20. The van der Waals surface area contributed by atoms with Gasteiger partial charge in [-0.2, -0.15) is 0 Å². The van der Waals surface area contributed by atoms with Crippen LogP contribution in [-0.2, 0) is 10.0 Å². The summed E-state index contributed by atoms with van der Waals surface area (Å²) in [6.07, 6.45) is 0. The molecule has 0 aromatic heterocycles. The summed E-state index contributed by atoms with van der Waals surface area (Å²) in [5.41, 5.74) is 0.151. The molecule has 1 N–H and O–H groups in total. The number of aliphatic hydroxyl groups excluding tert-OH is 1. The number of carbonyl (C=O) groups excluding carboxylic acids is 1. The Morgan fingerprint density at radius 2 is 1.70 bits per heavy atom. The van der Waals surface area contributed by atoms with Crippen molar-refractivity contribution in [1.82, 2.24) is 4.31 Å². The summed E-state index contributed by atoms with van der Waals surface area (Å²) >= 11 is 3.23. The summed E-state index contributed by atoms with van der Waals surface area (Å²) in [7, 11) is -2.69. The molecule has 0 atom stereocenters. The van der Waals surface area contributed by atoms with Gasteiger partial charge in [-0.3, -0.25) is 9.10 Å². The number of benzene rings is 3. The van der Waals surface area contributed by atoms with Gasteiger partial charge in [0.25, 0.3) is 10.0 Å². The largest absolute Gasteiger partial charge is 0.505 e. The molecule has 3 aromatic rings. The van der Waals surface area contributed by atoms with Crippen LogP contribution in [0.25, 0.3) is 16.5 Å². The maximum Gasteiger partial charge on any atom is 0.265 e. The number of nitrogens with zero attached hydrogens (tertiary/aromatic N) is 1. The minimum atomic E-state index is -3.96. The average Bonchev–Trinajstić information content (AvgIpc) is 2.66. The fraction of sp³-hybridized carbons (Fsp3) is 0.0500. The number of likely N-dealkylation sites (N-methyl/N-ethyl adjacent to an activating group) is 1. The maximum absolute atomic E-state index is 13.0. The lowest BCUT2D eigenvalue weighted by atomic mass is 10.0. The molecule has 0 spiro atoms. The van der Waals surface area contributed by atoms with E-state index in [1.54, 1.807) is 18.2 Å². The van der Waals surface area contributed by atoms with Crippen LogP contribution in [0.5, 0.6) is 0 Å². The van der Waals surface area contributed by atoms with Gasteiger partial charge >= 0.3 is 0 Å². The average molecular weight is 444 g/mol. The number of sulfonamides is 1. The topological polar surface area (TPSA) is 74.7 Å². The quantitative estimate of drug-likeness (QED) is 0.448. The molecule has 4 rings (SSSR count). The highest BCUT2D eigenvalue weighted by Gasteiger charge is 2.39. The summed E-state index contributed by atoms with van der Waals surface area (Å²) in [4.78, 5) is 12.9. The van der Waals surface area contributed by atoms with Crippen molar-refractivity contribution in [2.45, 2.75) is 4.90 Å². The summed E-state index contributed by atoms with van der Waals surface area (Å²) in [6, 6.07) is 17.2. The van der Waals surface area contributed by atoms with Crippen LogP contribution >= 0.6 is 15.9 Å². The molecule has 0 radical (unpaired) electrons. The van der Waals surface area contributed by atoms with E-state index in [-0.39, 0.29) is 21.9 Å². The molecule has 7 heteroatoms. The molecule has 0 saturated heterocycles. The van der Waals surface area contributed by atoms with Gasteiger partial charge in [0.15, 0.2) is 5.76 Å². The first-order chi connectivity index (χ1) is 12.8. The molecule has 5 nitrogen and oxygen atoms in total. The Balaban J connectivity index is 1.96. The van der Waals surface area contributed by atoms with Gasteiger partial charge in [-0.05, 0) is 35.0 Å². The first-order valence-corrected chi connectivity index (χ1v) is 10.3. The SMILES string of the molecule is CN1C(=C(O)c2ccc3ccccc3c2)C(=O)c2ccc(Br)cc2S1(=O)=O. The van der Waals surface area contributed by atoms with E-state index in [1.807, 2.05) is 30.3 Å². The van der Waals surface area contributed by atoms with Gasteiger partial charge in [0, 0.05) is 22.6 Å². The Kier molecular flexibility index (Phi) is 4.09. The summed E-state index contributed by atoms with van der Waals surface area (Å²) < 4.78 is 27.1. The van der Waals surface area contributed by atoms with E-state index in [0.29, 0.717) is 10.0 Å². The zero-order chi connectivity index (χ0) is 19.3. The fourth-order valence-corrected chi connectivity index (χ4v) is 5.10. The molecule has 0 aliphatic carbocycles. The Bertz CT molecular complexity index is 1250. The number of allylic oxidation sites excluding steroid dienone is 1. The van der Waals surface area contributed by atoms with Crippen molar-refractivity contribution in [1.29, 1.82) is 0 Å². The highest BCUT2D eigenvalue weighted by molar-refractivity contribution is 9.10. The lowest BCUT2D eigenvalue weighted by Crippen LogP contribution is -2.37. The van der Waals surface area contributed by atoms with Crippen LogP contribution in [0.1, 0.15) is 15.9 Å². The van der Waals surface area contributed by atoms with Crippen LogP contribution in [0.15, 0.2) is 75.7 Å². The van der Waals surface area contributed by atoms with Crippen LogP contribution in [0.4, 0.5) is 0 Å². The molecule has 1 heterocycles. The van der Waals surface area contributed by atoms with Crippen molar-refractivity contribution >= 4 is 48.3 Å². The van der Waals surface area contributed by atoms with Crippen molar-refractivity contribution in [2.75, 3.05) is 7.05 Å². The van der Waals surface area contributed by atoms with Gasteiger partial charge in [-0.25, -0.2) is 8.42 Å². The number of aliphatic hydroxyl groups is 1. The van der Waals surface area contributed by atoms with Crippen molar-refractivity contribution in [3.05, 3.63) is 82.0 Å². The Morgan fingerprint density at radius 1 is 1.00 bits per heavy atom. The van der Waals surface area contributed by atoms with Crippen molar-refractivity contribution < 1.29 is 18.3 Å². The van der Waals surface area contributed by atoms with Crippen LogP contribution in [0, 0.1) is 0 Å². The highest BCUT2D eigenvalue weighted by Crippen LogP contribution is 2.36. The van der Waals surface area contributed by atoms with E-state index in [1.165, 1.54) is 19.2 Å². The molecule has 27 heavy (non-hydrogen) atoms. The first-order valence-electron chi connectivity index (χ1n) is 8.06. The summed E-state index contributed by atoms with van der Waals surface area (Å²) in [5.74, 6) is -0.911. The summed E-state index contributed by atoms with van der Waals surface area (Å²) in [5, 5.41) is 12.7. The van der Waals surface area contributed by atoms with Crippen LogP contribution < -0.4 is 0 Å². The van der Waals surface area contributed by atoms with Gasteiger partial charge in [-0.15, -0.1) is 0 Å². The molecule has 0 fully saturated rings. The number of hydrogen-bond donors (Lipinski definition) is 1. The van der Waals surface area contributed by atoms with Gasteiger partial charge in [-0.1, -0.05) is 52.3 Å². The third kappa shape index (κ3) is 2.74. The number of fused-ring (bicyclic) bond motifs is 2. The molecular formula is C20H14BrNO4S. The van der Waals surface area contributed by atoms with E-state index in [4.69, 9.17) is 0 Å². The highest BCUT2D eigenvalue weighted by atomic mass is 79.9. The molecular weight excluding hydrogens is 430 g/mol. The molecule has 1 aliphatic rings. The molecule has 0 amide bonds. The number of halogens is 1. The maximum atomic E-state index is 13.0. The second kappa shape index (κ2) is 6.21. The van der Waals surface area contributed by atoms with E-state index in [2.05, 4.69) is 15.9 Å². The van der Waals surface area contributed by atoms with Crippen LogP contribution in [-0.4, -0.2) is 30.7 Å². The Labute approximate surface area is 164 Å². The molecule has 136 valence electrons. The predicted molar refractivity (Wildman–Crippen MR) is 107 cm³/mol. The normalized spacial score (nSPS) is 17.7. The van der Waals surface area contributed by atoms with E-state index < -0.39 is 15.8 Å². The molecule has 0 unspecified atom stereocenters. The molecule has 3 aromatic carbocycles. The van der Waals surface area contributed by atoms with E-state index >= 15 is 0 Å². The van der Waals surface area contributed by atoms with Gasteiger partial charge in [0.1, 0.15) is 5.70 Å². The van der Waals surface area contributed by atoms with Crippen LogP contribution in [0.2, 0.25) is 0 Å². The molecule has 1 aliphatic heterocycles. The van der Waals surface area contributed by atoms with Gasteiger partial charge < -0.3 is 5.11 Å². The Morgan fingerprint density at radius 3 is 2.44 bits per heavy atom. The van der Waals surface area contributed by atoms with Crippen molar-refractivity contribution in [2.24, 2.45) is 0 Å². The van der Waals surface area contributed by atoms with Gasteiger partial charge in [0.05, 0.1) is 4.90 Å². The van der Waals surface area contributed by atoms with E-state index in [0.717, 1.165) is 15.1 Å². The third-order valence-corrected chi connectivity index (χ3v) is 6.89.